The summed E-state index contributed by atoms with van der Waals surface area (Å²) < 4.78 is 0. The van der Waals surface area contributed by atoms with E-state index in [9.17, 15) is 0 Å². The summed E-state index contributed by atoms with van der Waals surface area (Å²) in [6.45, 7) is 3.18. The number of piperidine rings is 1. The fourth-order valence-corrected chi connectivity index (χ4v) is 3.73. The van der Waals surface area contributed by atoms with Gasteiger partial charge in [-0.15, -0.1) is 15.7 Å². The molecule has 1 aromatic heterocycles. The number of nitrogens with one attached hydrogen (secondary N) is 1. The molecule has 2 aliphatic rings. The van der Waals surface area contributed by atoms with Crippen molar-refractivity contribution in [2.75, 3.05) is 18.1 Å². The van der Waals surface area contributed by atoms with Crippen LogP contribution in [-0.4, -0.2) is 49.3 Å². The van der Waals surface area contributed by atoms with E-state index < -0.39 is 0 Å². The van der Waals surface area contributed by atoms with Crippen LogP contribution in [-0.2, 0) is 13.1 Å². The van der Waals surface area contributed by atoms with E-state index in [1.807, 2.05) is 46.5 Å². The lowest BCUT2D eigenvalue weighted by molar-refractivity contribution is 0.212. The fourth-order valence-electron chi connectivity index (χ4n) is 3.73. The number of nitrogens with zero attached hydrogens (tertiary/aromatic N) is 8. The van der Waals surface area contributed by atoms with Gasteiger partial charge in [-0.25, -0.2) is 5.12 Å². The number of likely N-dealkylation sites (tertiary alicyclic amines) is 1. The van der Waals surface area contributed by atoms with Crippen LogP contribution in [0.1, 0.15) is 30.4 Å². The van der Waals surface area contributed by atoms with Crippen molar-refractivity contribution < 1.29 is 0 Å². The Balaban J connectivity index is 1.36. The Hall–Kier alpha value is -3.46. The average Bonchev–Trinajstić information content (AvgIpc) is 3.43. The highest BCUT2D eigenvalue weighted by Crippen LogP contribution is 2.19. The summed E-state index contributed by atoms with van der Waals surface area (Å²) in [5.74, 6) is 1.32. The third-order valence-electron chi connectivity index (χ3n) is 5.25. The van der Waals surface area contributed by atoms with Gasteiger partial charge in [0.05, 0.1) is 13.1 Å². The lowest BCUT2D eigenvalue weighted by atomic mass is 10.1. The predicted molar refractivity (Wildman–Crippen MR) is 114 cm³/mol. The number of rotatable bonds is 5. The summed E-state index contributed by atoms with van der Waals surface area (Å²) in [6, 6.07) is 20.4. The Morgan fingerprint density at radius 2 is 1.47 bits per heavy atom. The van der Waals surface area contributed by atoms with E-state index in [-0.39, 0.29) is 0 Å². The lowest BCUT2D eigenvalue weighted by Gasteiger charge is -2.30. The Labute approximate surface area is 175 Å². The van der Waals surface area contributed by atoms with Crippen LogP contribution in [0, 0.1) is 0 Å². The van der Waals surface area contributed by atoms with Crippen molar-refractivity contribution in [3.63, 3.8) is 0 Å². The molecule has 0 spiro atoms. The van der Waals surface area contributed by atoms with Gasteiger partial charge < -0.3 is 4.90 Å². The Morgan fingerprint density at radius 1 is 0.800 bits per heavy atom. The number of tetrazole rings is 1. The van der Waals surface area contributed by atoms with Gasteiger partial charge in [0.2, 0.25) is 5.96 Å². The highest BCUT2D eigenvalue weighted by Gasteiger charge is 2.32. The van der Waals surface area contributed by atoms with E-state index >= 15 is 0 Å². The van der Waals surface area contributed by atoms with E-state index in [2.05, 4.69) is 50.1 Å². The van der Waals surface area contributed by atoms with Crippen molar-refractivity contribution in [1.82, 2.24) is 35.8 Å². The monoisotopic (exact) mass is 403 g/mol. The number of benzene rings is 2. The smallest absolute Gasteiger partial charge is 0.288 e. The van der Waals surface area contributed by atoms with Gasteiger partial charge in [-0.3, -0.25) is 0 Å². The second-order valence-electron chi connectivity index (χ2n) is 7.53. The first-order valence-electron chi connectivity index (χ1n) is 10.4. The molecule has 1 fully saturated rings. The number of hydrogen-bond donors (Lipinski definition) is 1. The molecule has 0 amide bonds. The minimum absolute atomic E-state index is 0.491. The zero-order chi connectivity index (χ0) is 20.2. The fraction of sp³-hybridized carbons (Fsp3) is 0.333. The second-order valence-corrected chi connectivity index (χ2v) is 7.53. The maximum atomic E-state index is 4.83. The van der Waals surface area contributed by atoms with Crippen LogP contribution in [0.2, 0.25) is 0 Å². The van der Waals surface area contributed by atoms with Crippen LogP contribution >= 0.6 is 0 Å². The maximum absolute atomic E-state index is 4.83. The topological polar surface area (TPSA) is 77.7 Å². The molecule has 154 valence electrons. The van der Waals surface area contributed by atoms with Crippen LogP contribution < -0.4 is 10.5 Å². The molecule has 1 N–H and O–H groups in total. The van der Waals surface area contributed by atoms with Gasteiger partial charge in [0, 0.05) is 13.1 Å². The zero-order valence-corrected chi connectivity index (χ0v) is 16.8. The third-order valence-corrected chi connectivity index (χ3v) is 5.25. The van der Waals surface area contributed by atoms with Gasteiger partial charge in [-0.1, -0.05) is 65.8 Å². The minimum atomic E-state index is 0.491. The van der Waals surface area contributed by atoms with Crippen molar-refractivity contribution in [2.45, 2.75) is 32.4 Å². The molecular formula is C21H25N9. The third kappa shape index (κ3) is 4.11. The maximum Gasteiger partial charge on any atom is 0.288 e. The van der Waals surface area contributed by atoms with Crippen molar-refractivity contribution in [3.8, 4) is 0 Å². The number of aromatic nitrogens is 4. The summed E-state index contributed by atoms with van der Waals surface area (Å²) in [5, 5.41) is 21.6. The molecule has 5 rings (SSSR count). The quantitative estimate of drug-likeness (QED) is 0.700. The molecule has 3 heterocycles. The highest BCUT2D eigenvalue weighted by atomic mass is 15.9. The predicted octanol–water partition coefficient (Wildman–Crippen LogP) is 2.22. The van der Waals surface area contributed by atoms with E-state index in [0.29, 0.717) is 19.0 Å². The van der Waals surface area contributed by atoms with Crippen molar-refractivity contribution in [3.05, 3.63) is 71.8 Å². The summed E-state index contributed by atoms with van der Waals surface area (Å²) >= 11 is 0. The lowest BCUT2D eigenvalue weighted by Crippen LogP contribution is -2.50. The molecule has 30 heavy (non-hydrogen) atoms. The molecule has 2 aliphatic heterocycles. The van der Waals surface area contributed by atoms with Gasteiger partial charge in [0.25, 0.3) is 5.95 Å². The van der Waals surface area contributed by atoms with Crippen LogP contribution in [0.5, 0.6) is 0 Å². The van der Waals surface area contributed by atoms with E-state index in [1.165, 1.54) is 24.8 Å². The Kier molecular flexibility index (Phi) is 5.26. The molecular weight excluding hydrogens is 378 g/mol. The van der Waals surface area contributed by atoms with Crippen LogP contribution in [0.25, 0.3) is 0 Å². The van der Waals surface area contributed by atoms with Gasteiger partial charge in [-0.2, -0.15) is 9.81 Å². The van der Waals surface area contributed by atoms with Crippen molar-refractivity contribution >= 4 is 11.9 Å². The van der Waals surface area contributed by atoms with E-state index in [4.69, 9.17) is 5.10 Å². The molecule has 3 aromatic rings. The molecule has 0 aliphatic carbocycles. The SMILES string of the molecule is c1ccc(CN2N=C(N3CCCCC3)N(c3nnn(Cc4ccccc4)n3)N2)cc1. The van der Waals surface area contributed by atoms with E-state index in [1.54, 1.807) is 4.80 Å². The summed E-state index contributed by atoms with van der Waals surface area (Å²) in [5.41, 5.74) is 5.63. The van der Waals surface area contributed by atoms with E-state index in [0.717, 1.165) is 24.6 Å². The molecule has 0 saturated carbocycles. The van der Waals surface area contributed by atoms with Crippen molar-refractivity contribution in [1.29, 1.82) is 0 Å². The van der Waals surface area contributed by atoms with Crippen molar-refractivity contribution in [2.24, 2.45) is 5.10 Å². The number of hydrazine groups is 2. The standard InChI is InChI=1S/C21H25N9/c1-4-10-18(11-5-1)16-28-23-20(22-25-28)30-21(27-14-8-3-9-15-27)24-29(26-30)17-19-12-6-2-7-13-19/h1-2,4-7,10-13,26H,3,8-9,14-17H2. The molecule has 0 radical (unpaired) electrons. The van der Waals surface area contributed by atoms with Gasteiger partial charge >= 0.3 is 0 Å². The molecule has 1 saturated heterocycles. The van der Waals surface area contributed by atoms with Gasteiger partial charge in [0.15, 0.2) is 0 Å². The molecule has 9 heteroatoms. The molecule has 0 unspecified atom stereocenters. The zero-order valence-electron chi connectivity index (χ0n) is 16.8. The van der Waals surface area contributed by atoms with Gasteiger partial charge in [-0.05, 0) is 35.6 Å². The average molecular weight is 403 g/mol. The van der Waals surface area contributed by atoms with Crippen LogP contribution in [0.15, 0.2) is 65.8 Å². The van der Waals surface area contributed by atoms with Gasteiger partial charge in [0.1, 0.15) is 0 Å². The first kappa shape index (κ1) is 18.6. The summed E-state index contributed by atoms with van der Waals surface area (Å²) in [4.78, 5) is 3.90. The summed E-state index contributed by atoms with van der Waals surface area (Å²) in [6.07, 6.45) is 3.59. The number of anilines is 1. The minimum Gasteiger partial charge on any atom is -0.340 e. The normalized spacial score (nSPS) is 16.8. The Bertz CT molecular complexity index is 980. The largest absolute Gasteiger partial charge is 0.340 e. The number of hydrazone groups is 1. The Morgan fingerprint density at radius 3 is 2.17 bits per heavy atom. The second kappa shape index (κ2) is 8.50. The molecule has 0 bridgehead atoms. The van der Waals surface area contributed by atoms with Crippen LogP contribution in [0.4, 0.5) is 5.95 Å². The highest BCUT2D eigenvalue weighted by molar-refractivity contribution is 5.94. The number of hydrogen-bond acceptors (Lipinski definition) is 8. The molecule has 2 aromatic carbocycles. The molecule has 9 nitrogen and oxygen atoms in total. The van der Waals surface area contributed by atoms with Crippen LogP contribution in [0.3, 0.4) is 0 Å². The number of guanidine groups is 1. The molecule has 0 atom stereocenters. The summed E-state index contributed by atoms with van der Waals surface area (Å²) in [7, 11) is 0. The first-order chi connectivity index (χ1) is 14.8. The first-order valence-corrected chi connectivity index (χ1v) is 10.4.